The summed E-state index contributed by atoms with van der Waals surface area (Å²) in [5, 5.41) is 0.582. The van der Waals surface area contributed by atoms with E-state index >= 15 is 0 Å². The molecule has 4 rings (SSSR count). The Morgan fingerprint density at radius 3 is 2.32 bits per heavy atom. The van der Waals surface area contributed by atoms with Gasteiger partial charge in [-0.05, 0) is 80.8 Å². The summed E-state index contributed by atoms with van der Waals surface area (Å²) in [6, 6.07) is 19.4. The Balaban J connectivity index is 1.54. The van der Waals surface area contributed by atoms with Crippen molar-refractivity contribution in [2.45, 2.75) is 71.1 Å². The topological polar surface area (TPSA) is 45.6 Å². The molecule has 1 aromatic heterocycles. The number of carbonyl (C=O) groups is 2. The third kappa shape index (κ3) is 7.26. The summed E-state index contributed by atoms with van der Waals surface area (Å²) in [6.07, 6.45) is 7.56. The second-order valence-corrected chi connectivity index (χ2v) is 11.5. The number of hydrogen-bond acceptors (Lipinski definition) is 2. The monoisotopic (exact) mass is 583 g/mol. The van der Waals surface area contributed by atoms with Crippen molar-refractivity contribution in [3.05, 3.63) is 93.2 Å². The second-order valence-electron chi connectivity index (χ2n) is 10.1. The van der Waals surface area contributed by atoms with Gasteiger partial charge in [0.25, 0.3) is 5.91 Å². The predicted octanol–water partition coefficient (Wildman–Crippen LogP) is 7.16. The maximum atomic E-state index is 13.9. The molecule has 0 bridgehead atoms. The van der Waals surface area contributed by atoms with Gasteiger partial charge < -0.3 is 14.4 Å². The van der Waals surface area contributed by atoms with E-state index in [4.69, 9.17) is 11.6 Å². The number of amides is 2. The highest BCUT2D eigenvalue weighted by atomic mass is 79.9. The van der Waals surface area contributed by atoms with Crippen LogP contribution < -0.4 is 0 Å². The van der Waals surface area contributed by atoms with Crippen LogP contribution in [-0.2, 0) is 17.9 Å². The minimum atomic E-state index is -0.151. The number of carbonyl (C=O) groups excluding carboxylic acids is 2. The molecule has 0 unspecified atom stereocenters. The molecule has 196 valence electrons. The third-order valence-corrected chi connectivity index (χ3v) is 7.92. The molecule has 0 spiro atoms. The van der Waals surface area contributed by atoms with Crippen molar-refractivity contribution in [2.24, 2.45) is 0 Å². The fourth-order valence-corrected chi connectivity index (χ4v) is 5.40. The van der Waals surface area contributed by atoms with Crippen LogP contribution in [-0.4, -0.2) is 44.8 Å². The first kappa shape index (κ1) is 27.5. The predicted molar refractivity (Wildman–Crippen MR) is 153 cm³/mol. The SMILES string of the molecule is CC(C)N(CC(=O)N(Cc1cccn1Cc1ccc(Br)cc1)C1CCCCC1)C(=O)c1ccc(Cl)cc1. The van der Waals surface area contributed by atoms with E-state index in [0.29, 0.717) is 17.1 Å². The third-order valence-electron chi connectivity index (χ3n) is 7.14. The molecule has 1 aliphatic carbocycles. The van der Waals surface area contributed by atoms with E-state index < -0.39 is 0 Å². The molecule has 37 heavy (non-hydrogen) atoms. The van der Waals surface area contributed by atoms with Crippen molar-refractivity contribution >= 4 is 39.3 Å². The zero-order chi connectivity index (χ0) is 26.4. The van der Waals surface area contributed by atoms with E-state index in [1.54, 1.807) is 29.2 Å². The molecule has 7 heteroatoms. The largest absolute Gasteiger partial charge is 0.345 e. The molecular formula is C30H35BrClN3O2. The first-order valence-electron chi connectivity index (χ1n) is 13.1. The zero-order valence-corrected chi connectivity index (χ0v) is 23.9. The number of nitrogens with zero attached hydrogens (tertiary/aromatic N) is 3. The fraction of sp³-hybridized carbons (Fsp3) is 0.400. The highest BCUT2D eigenvalue weighted by Crippen LogP contribution is 2.25. The summed E-state index contributed by atoms with van der Waals surface area (Å²) in [5.74, 6) is -0.151. The Labute approximate surface area is 233 Å². The Hall–Kier alpha value is -2.57. The minimum Gasteiger partial charge on any atom is -0.345 e. The maximum Gasteiger partial charge on any atom is 0.254 e. The number of aromatic nitrogens is 1. The van der Waals surface area contributed by atoms with E-state index in [1.165, 1.54) is 12.0 Å². The summed E-state index contributed by atoms with van der Waals surface area (Å²) in [4.78, 5) is 30.9. The van der Waals surface area contributed by atoms with Crippen molar-refractivity contribution in [1.82, 2.24) is 14.4 Å². The van der Waals surface area contributed by atoms with Gasteiger partial charge in [-0.3, -0.25) is 9.59 Å². The van der Waals surface area contributed by atoms with E-state index in [9.17, 15) is 9.59 Å². The van der Waals surface area contributed by atoms with Crippen molar-refractivity contribution in [3.63, 3.8) is 0 Å². The van der Waals surface area contributed by atoms with Crippen molar-refractivity contribution in [3.8, 4) is 0 Å². The molecule has 1 saturated carbocycles. The number of hydrogen-bond donors (Lipinski definition) is 0. The van der Waals surface area contributed by atoms with Crippen LogP contribution in [0.3, 0.4) is 0 Å². The molecule has 0 saturated heterocycles. The van der Waals surface area contributed by atoms with Crippen LogP contribution in [0, 0.1) is 0 Å². The van der Waals surface area contributed by atoms with Crippen LogP contribution in [0.5, 0.6) is 0 Å². The van der Waals surface area contributed by atoms with Gasteiger partial charge in [-0.25, -0.2) is 0 Å². The van der Waals surface area contributed by atoms with Crippen LogP contribution in [0.2, 0.25) is 5.02 Å². The first-order valence-corrected chi connectivity index (χ1v) is 14.2. The average molecular weight is 585 g/mol. The lowest BCUT2D eigenvalue weighted by Gasteiger charge is -2.37. The van der Waals surface area contributed by atoms with Crippen molar-refractivity contribution in [2.75, 3.05) is 6.54 Å². The normalized spacial score (nSPS) is 14.1. The minimum absolute atomic E-state index is 0.000643. The van der Waals surface area contributed by atoms with Gasteiger partial charge in [-0.2, -0.15) is 0 Å². The van der Waals surface area contributed by atoms with E-state index in [-0.39, 0.29) is 30.4 Å². The standard InChI is InChI=1S/C30H35BrClN3O2/c1-22(2)34(30(37)24-12-16-26(32)17-13-24)21-29(36)35(27-7-4-3-5-8-27)20-28-9-6-18-33(28)19-23-10-14-25(31)15-11-23/h6,9-18,22,27H,3-5,7-8,19-21H2,1-2H3. The molecule has 1 aliphatic rings. The van der Waals surface area contributed by atoms with Crippen molar-refractivity contribution < 1.29 is 9.59 Å². The lowest BCUT2D eigenvalue weighted by molar-refractivity contribution is -0.136. The summed E-state index contributed by atoms with van der Waals surface area (Å²) in [6.45, 7) is 5.25. The second kappa shape index (κ2) is 12.8. The molecule has 5 nitrogen and oxygen atoms in total. The molecule has 0 radical (unpaired) electrons. The van der Waals surface area contributed by atoms with Crippen LogP contribution in [0.1, 0.15) is 67.6 Å². The lowest BCUT2D eigenvalue weighted by Crippen LogP contribution is -2.49. The summed E-state index contributed by atoms with van der Waals surface area (Å²) < 4.78 is 3.27. The Bertz CT molecular complexity index is 1180. The first-order chi connectivity index (χ1) is 17.8. The molecule has 3 aromatic rings. The van der Waals surface area contributed by atoms with Gasteiger partial charge in [0.2, 0.25) is 5.91 Å². The van der Waals surface area contributed by atoms with Gasteiger partial charge in [0.05, 0.1) is 6.54 Å². The summed E-state index contributed by atoms with van der Waals surface area (Å²) in [5.41, 5.74) is 2.84. The van der Waals surface area contributed by atoms with E-state index in [1.807, 2.05) is 24.8 Å². The van der Waals surface area contributed by atoms with Gasteiger partial charge in [-0.1, -0.05) is 58.9 Å². The molecule has 0 N–H and O–H groups in total. The van der Waals surface area contributed by atoms with Crippen LogP contribution >= 0.6 is 27.5 Å². The van der Waals surface area contributed by atoms with E-state index in [2.05, 4.69) is 57.0 Å². The van der Waals surface area contributed by atoms with Crippen LogP contribution in [0.15, 0.2) is 71.3 Å². The molecule has 1 fully saturated rings. The molecule has 0 atom stereocenters. The van der Waals surface area contributed by atoms with Gasteiger partial charge in [0.1, 0.15) is 6.54 Å². The molecule has 0 aliphatic heterocycles. The van der Waals surface area contributed by atoms with Crippen LogP contribution in [0.4, 0.5) is 0 Å². The molecule has 2 amide bonds. The highest BCUT2D eigenvalue weighted by molar-refractivity contribution is 9.10. The Morgan fingerprint density at radius 2 is 1.68 bits per heavy atom. The zero-order valence-electron chi connectivity index (χ0n) is 21.6. The molecular weight excluding hydrogens is 550 g/mol. The maximum absolute atomic E-state index is 13.9. The smallest absolute Gasteiger partial charge is 0.254 e. The number of rotatable bonds is 9. The Morgan fingerprint density at radius 1 is 1.00 bits per heavy atom. The average Bonchev–Trinajstić information content (AvgIpc) is 3.34. The van der Waals surface area contributed by atoms with E-state index in [0.717, 1.165) is 42.4 Å². The van der Waals surface area contributed by atoms with Crippen LogP contribution in [0.25, 0.3) is 0 Å². The lowest BCUT2D eigenvalue weighted by atomic mass is 9.94. The van der Waals surface area contributed by atoms with Crippen molar-refractivity contribution in [1.29, 1.82) is 0 Å². The van der Waals surface area contributed by atoms with Gasteiger partial charge in [0.15, 0.2) is 0 Å². The fourth-order valence-electron chi connectivity index (χ4n) is 5.01. The Kier molecular flexibility index (Phi) is 9.49. The number of halogens is 2. The quantitative estimate of drug-likeness (QED) is 0.268. The number of benzene rings is 2. The van der Waals surface area contributed by atoms with Gasteiger partial charge in [-0.15, -0.1) is 0 Å². The molecule has 1 heterocycles. The molecule has 2 aromatic carbocycles. The van der Waals surface area contributed by atoms with Gasteiger partial charge in [0, 0.05) is 45.6 Å². The summed E-state index contributed by atoms with van der Waals surface area (Å²) >= 11 is 9.52. The van der Waals surface area contributed by atoms with Gasteiger partial charge >= 0.3 is 0 Å². The highest BCUT2D eigenvalue weighted by Gasteiger charge is 2.30. The summed E-state index contributed by atoms with van der Waals surface area (Å²) in [7, 11) is 0.